The highest BCUT2D eigenvalue weighted by Gasteiger charge is 2.31. The van der Waals surface area contributed by atoms with Gasteiger partial charge in [-0.3, -0.25) is 9.48 Å². The van der Waals surface area contributed by atoms with Gasteiger partial charge >= 0.3 is 12.0 Å². The number of carbonyl (C=O) groups excluding carboxylic acids is 1. The second kappa shape index (κ2) is 6.60. The first-order chi connectivity index (χ1) is 9.95. The normalized spacial score (nSPS) is 14.9. The third-order valence-corrected chi connectivity index (χ3v) is 3.63. The highest BCUT2D eigenvalue weighted by atomic mass is 16.4. The Morgan fingerprint density at radius 1 is 1.43 bits per heavy atom. The Hall–Kier alpha value is -2.05. The number of nitrogens with zero attached hydrogens (tertiary/aromatic N) is 3. The predicted octanol–water partition coefficient (Wildman–Crippen LogP) is 1.01. The molecule has 7 heteroatoms. The lowest BCUT2D eigenvalue weighted by Crippen LogP contribution is -2.54. The zero-order chi connectivity index (χ0) is 15.4. The number of carbonyl (C=O) groups is 2. The Kier molecular flexibility index (Phi) is 4.82. The van der Waals surface area contributed by atoms with E-state index in [1.54, 1.807) is 4.90 Å². The summed E-state index contributed by atoms with van der Waals surface area (Å²) in [4.78, 5) is 24.0. The molecule has 1 fully saturated rings. The topological polar surface area (TPSA) is 87.5 Å². The fraction of sp³-hybridized carbons (Fsp3) is 0.643. The van der Waals surface area contributed by atoms with Crippen molar-refractivity contribution in [1.82, 2.24) is 20.0 Å². The van der Waals surface area contributed by atoms with Crippen LogP contribution < -0.4 is 5.32 Å². The largest absolute Gasteiger partial charge is 0.481 e. The van der Waals surface area contributed by atoms with Gasteiger partial charge in [-0.1, -0.05) is 0 Å². The van der Waals surface area contributed by atoms with Crippen molar-refractivity contribution in [1.29, 1.82) is 0 Å². The third-order valence-electron chi connectivity index (χ3n) is 3.63. The van der Waals surface area contributed by atoms with E-state index in [0.29, 0.717) is 19.6 Å². The summed E-state index contributed by atoms with van der Waals surface area (Å²) >= 11 is 0. The van der Waals surface area contributed by atoms with Crippen molar-refractivity contribution >= 4 is 12.0 Å². The zero-order valence-corrected chi connectivity index (χ0v) is 12.5. The van der Waals surface area contributed by atoms with Crippen molar-refractivity contribution in [3.8, 4) is 0 Å². The standard InChI is InChI=1S/C14H22N4O3/c1-10-6-11(2)18(16-10)5-3-4-15-14(21)17-8-12(9-17)7-13(19)20/h6,12H,3-5,7-9H2,1-2H3,(H,15,21)(H,19,20). The fourth-order valence-electron chi connectivity index (χ4n) is 2.55. The van der Waals surface area contributed by atoms with E-state index in [9.17, 15) is 9.59 Å². The average molecular weight is 294 g/mol. The van der Waals surface area contributed by atoms with Crippen LogP contribution in [0.1, 0.15) is 24.2 Å². The molecule has 2 amide bonds. The van der Waals surface area contributed by atoms with Gasteiger partial charge in [-0.25, -0.2) is 4.79 Å². The molecule has 0 spiro atoms. The van der Waals surface area contributed by atoms with Gasteiger partial charge in [0.25, 0.3) is 0 Å². The van der Waals surface area contributed by atoms with E-state index in [2.05, 4.69) is 10.4 Å². The highest BCUT2D eigenvalue weighted by Crippen LogP contribution is 2.18. The lowest BCUT2D eigenvalue weighted by Gasteiger charge is -2.38. The summed E-state index contributed by atoms with van der Waals surface area (Å²) in [6, 6.07) is 1.92. The van der Waals surface area contributed by atoms with Crippen LogP contribution in [0.5, 0.6) is 0 Å². The first-order valence-corrected chi connectivity index (χ1v) is 7.21. The van der Waals surface area contributed by atoms with Crippen LogP contribution in [0, 0.1) is 19.8 Å². The van der Waals surface area contributed by atoms with Crippen molar-refractivity contribution in [3.63, 3.8) is 0 Å². The van der Waals surface area contributed by atoms with Crippen LogP contribution in [0.25, 0.3) is 0 Å². The molecule has 0 saturated carbocycles. The molecule has 0 aromatic carbocycles. The molecule has 1 aromatic rings. The van der Waals surface area contributed by atoms with Crippen molar-refractivity contribution < 1.29 is 14.7 Å². The van der Waals surface area contributed by atoms with Gasteiger partial charge in [0, 0.05) is 37.8 Å². The van der Waals surface area contributed by atoms with Crippen LogP contribution in [0.2, 0.25) is 0 Å². The number of likely N-dealkylation sites (tertiary alicyclic amines) is 1. The van der Waals surface area contributed by atoms with Crippen LogP contribution in [0.15, 0.2) is 6.07 Å². The van der Waals surface area contributed by atoms with Gasteiger partial charge in [0.2, 0.25) is 0 Å². The second-order valence-corrected chi connectivity index (χ2v) is 5.60. The van der Waals surface area contributed by atoms with E-state index in [1.165, 1.54) is 0 Å². The summed E-state index contributed by atoms with van der Waals surface area (Å²) in [6.07, 6.45) is 0.960. The van der Waals surface area contributed by atoms with Crippen LogP contribution in [-0.2, 0) is 11.3 Å². The Bertz CT molecular complexity index is 520. The van der Waals surface area contributed by atoms with E-state index in [0.717, 1.165) is 24.4 Å². The molecule has 2 heterocycles. The molecule has 21 heavy (non-hydrogen) atoms. The number of hydrogen-bond donors (Lipinski definition) is 2. The minimum atomic E-state index is -0.801. The molecule has 0 aliphatic carbocycles. The number of amides is 2. The molecular weight excluding hydrogens is 272 g/mol. The first-order valence-electron chi connectivity index (χ1n) is 7.21. The van der Waals surface area contributed by atoms with Gasteiger partial charge in [-0.15, -0.1) is 0 Å². The Morgan fingerprint density at radius 2 is 2.14 bits per heavy atom. The number of nitrogens with one attached hydrogen (secondary N) is 1. The lowest BCUT2D eigenvalue weighted by atomic mass is 9.97. The molecule has 1 aromatic heterocycles. The molecule has 2 rings (SSSR count). The van der Waals surface area contributed by atoms with Crippen LogP contribution in [0.4, 0.5) is 4.79 Å². The number of hydrogen-bond acceptors (Lipinski definition) is 3. The number of urea groups is 1. The van der Waals surface area contributed by atoms with Crippen LogP contribution >= 0.6 is 0 Å². The maximum absolute atomic E-state index is 11.8. The van der Waals surface area contributed by atoms with Gasteiger partial charge in [0.1, 0.15) is 0 Å². The van der Waals surface area contributed by atoms with Crippen molar-refractivity contribution in [2.45, 2.75) is 33.2 Å². The number of rotatable bonds is 6. The molecule has 0 unspecified atom stereocenters. The summed E-state index contributed by atoms with van der Waals surface area (Å²) in [5.41, 5.74) is 2.12. The number of aromatic nitrogens is 2. The Balaban J connectivity index is 1.60. The smallest absolute Gasteiger partial charge is 0.317 e. The molecular formula is C14H22N4O3. The quantitative estimate of drug-likeness (QED) is 0.766. The van der Waals surface area contributed by atoms with E-state index >= 15 is 0 Å². The minimum Gasteiger partial charge on any atom is -0.481 e. The molecule has 2 N–H and O–H groups in total. The van der Waals surface area contributed by atoms with E-state index in [-0.39, 0.29) is 18.4 Å². The van der Waals surface area contributed by atoms with Gasteiger partial charge in [0.15, 0.2) is 0 Å². The molecule has 116 valence electrons. The molecule has 0 bridgehead atoms. The molecule has 7 nitrogen and oxygen atoms in total. The maximum atomic E-state index is 11.8. The molecule has 1 aliphatic heterocycles. The molecule has 1 aliphatic rings. The van der Waals surface area contributed by atoms with Crippen molar-refractivity contribution in [3.05, 3.63) is 17.5 Å². The zero-order valence-electron chi connectivity index (χ0n) is 12.5. The fourth-order valence-corrected chi connectivity index (χ4v) is 2.55. The summed E-state index contributed by atoms with van der Waals surface area (Å²) in [6.45, 7) is 6.42. The van der Waals surface area contributed by atoms with E-state index in [4.69, 9.17) is 5.11 Å². The molecule has 1 saturated heterocycles. The van der Waals surface area contributed by atoms with E-state index < -0.39 is 5.97 Å². The highest BCUT2D eigenvalue weighted by molar-refractivity contribution is 5.75. The van der Waals surface area contributed by atoms with Crippen LogP contribution in [0.3, 0.4) is 0 Å². The maximum Gasteiger partial charge on any atom is 0.317 e. The number of carboxylic acid groups (broad SMARTS) is 1. The number of aryl methyl sites for hydroxylation is 3. The molecule has 0 radical (unpaired) electrons. The van der Waals surface area contributed by atoms with Crippen molar-refractivity contribution in [2.24, 2.45) is 5.92 Å². The van der Waals surface area contributed by atoms with Gasteiger partial charge in [-0.2, -0.15) is 5.10 Å². The summed E-state index contributed by atoms with van der Waals surface area (Å²) < 4.78 is 1.94. The number of aliphatic carboxylic acids is 1. The number of carboxylic acids is 1. The summed E-state index contributed by atoms with van der Waals surface area (Å²) in [5, 5.41) is 15.9. The Morgan fingerprint density at radius 3 is 2.71 bits per heavy atom. The monoisotopic (exact) mass is 294 g/mol. The SMILES string of the molecule is Cc1cc(C)n(CCCNC(=O)N2CC(CC(=O)O)C2)n1. The van der Waals surface area contributed by atoms with Gasteiger partial charge < -0.3 is 15.3 Å². The second-order valence-electron chi connectivity index (χ2n) is 5.60. The Labute approximate surface area is 123 Å². The lowest BCUT2D eigenvalue weighted by molar-refractivity contribution is -0.139. The van der Waals surface area contributed by atoms with E-state index in [1.807, 2.05) is 24.6 Å². The van der Waals surface area contributed by atoms with Crippen molar-refractivity contribution in [2.75, 3.05) is 19.6 Å². The third kappa shape index (κ3) is 4.21. The molecule has 0 atom stereocenters. The summed E-state index contributed by atoms with van der Waals surface area (Å²) in [5.74, 6) is -0.701. The first kappa shape index (κ1) is 15.3. The van der Waals surface area contributed by atoms with Gasteiger partial charge in [-0.05, 0) is 26.3 Å². The predicted molar refractivity (Wildman–Crippen MR) is 77.0 cm³/mol. The van der Waals surface area contributed by atoms with Gasteiger partial charge in [0.05, 0.1) is 12.1 Å². The average Bonchev–Trinajstić information content (AvgIpc) is 2.67. The minimum absolute atomic E-state index is 0.1000. The van der Waals surface area contributed by atoms with Crippen LogP contribution in [-0.4, -0.2) is 51.4 Å². The summed E-state index contributed by atoms with van der Waals surface area (Å²) in [7, 11) is 0.